The van der Waals surface area contributed by atoms with Crippen molar-refractivity contribution in [2.75, 3.05) is 40.4 Å². The van der Waals surface area contributed by atoms with Crippen molar-refractivity contribution in [3.8, 4) is 17.2 Å². The fraction of sp³-hybridized carbons (Fsp3) is 0.448. The highest BCUT2D eigenvalue weighted by Crippen LogP contribution is 2.43. The first-order valence-electron chi connectivity index (χ1n) is 13.9. The summed E-state index contributed by atoms with van der Waals surface area (Å²) in [7, 11) is -2.76. The van der Waals surface area contributed by atoms with Crippen LogP contribution in [0, 0.1) is 0 Å². The molecule has 16 heteroatoms. The molecule has 0 bridgehead atoms. The predicted molar refractivity (Wildman–Crippen MR) is 174 cm³/mol. The molecule has 5 atom stereocenters. The largest absolute Gasteiger partial charge is 0.585 e. The number of hydrogen-bond acceptors (Lipinski definition) is 12. The van der Waals surface area contributed by atoms with E-state index in [1.165, 1.54) is 21.3 Å². The summed E-state index contributed by atoms with van der Waals surface area (Å²) >= 11 is 0. The van der Waals surface area contributed by atoms with Crippen LogP contribution in [0.15, 0.2) is 42.5 Å². The third kappa shape index (κ3) is 14.5. The molecular formula is C29H42N2O11P3+. The summed E-state index contributed by atoms with van der Waals surface area (Å²) < 4.78 is 63.3. The van der Waals surface area contributed by atoms with Crippen molar-refractivity contribution in [1.29, 1.82) is 0 Å². The molecule has 0 aromatic heterocycles. The summed E-state index contributed by atoms with van der Waals surface area (Å²) in [5.74, 6) is 0.596. The van der Waals surface area contributed by atoms with Gasteiger partial charge in [0, 0.05) is 27.4 Å². The van der Waals surface area contributed by atoms with E-state index >= 15 is 0 Å². The Morgan fingerprint density at radius 1 is 0.933 bits per heavy atom. The molecule has 0 amide bonds. The van der Waals surface area contributed by atoms with Gasteiger partial charge in [-0.15, -0.1) is 0 Å². The zero-order valence-electron chi connectivity index (χ0n) is 26.5. The highest BCUT2D eigenvalue weighted by atomic mass is 31.2. The van der Waals surface area contributed by atoms with Crippen LogP contribution in [0.3, 0.4) is 0 Å². The first kappa shape index (κ1) is 38.5. The maximum Gasteiger partial charge on any atom is 0.585 e. The van der Waals surface area contributed by atoms with Crippen LogP contribution in [-0.4, -0.2) is 70.8 Å². The van der Waals surface area contributed by atoms with Gasteiger partial charge in [0.25, 0.3) is 6.35 Å². The molecule has 4 unspecified atom stereocenters. The molecule has 0 radical (unpaired) electrons. The Morgan fingerprint density at radius 3 is 2.20 bits per heavy atom. The standard InChI is InChI=1S/C29H42N2O11P3/c1-21(2)39-29(33)23(4)30-43(18-36-5)40-27-14-25(15-28(16-27)41-44(34)19-37-6)9-8-24-10-12-26(13-11-24)42-45(35,20-38-7)31-22(3)17-32/h8-17,21-23,30H,18-20H2,1-7H3,(H,31,35)/q+1/b9-8+/t22?,23-,43?,45?/m0/s1. The van der Waals surface area contributed by atoms with E-state index in [0.29, 0.717) is 29.1 Å². The summed E-state index contributed by atoms with van der Waals surface area (Å²) in [6.07, 6.45) is 3.87. The third-order valence-corrected chi connectivity index (χ3v) is 9.74. The van der Waals surface area contributed by atoms with Crippen LogP contribution in [-0.2, 0) is 37.7 Å². The van der Waals surface area contributed by atoms with Crippen LogP contribution in [0.1, 0.15) is 38.8 Å². The third-order valence-electron chi connectivity index (χ3n) is 5.35. The SMILES string of the molecule is COCP(N[C@@H](C)C(=O)OC(C)C)Oc1cc(/C=C/c2ccc(OP(=O)(COC)NC(C)C=O)cc2)cc(O[P+](=O)COC)c1. The zero-order valence-corrected chi connectivity index (χ0v) is 29.1. The van der Waals surface area contributed by atoms with Gasteiger partial charge in [-0.3, -0.25) is 13.9 Å². The number of rotatable bonds is 21. The Balaban J connectivity index is 2.28. The van der Waals surface area contributed by atoms with E-state index in [2.05, 4.69) is 10.2 Å². The van der Waals surface area contributed by atoms with Crippen LogP contribution in [0.25, 0.3) is 12.2 Å². The van der Waals surface area contributed by atoms with Crippen molar-refractivity contribution in [2.45, 2.75) is 45.9 Å². The highest BCUT2D eigenvalue weighted by molar-refractivity contribution is 7.57. The molecule has 0 aliphatic rings. The van der Waals surface area contributed by atoms with E-state index in [-0.39, 0.29) is 25.1 Å². The molecule has 45 heavy (non-hydrogen) atoms. The Morgan fingerprint density at radius 2 is 1.60 bits per heavy atom. The molecule has 0 aliphatic heterocycles. The molecule has 0 saturated heterocycles. The number of benzene rings is 2. The van der Waals surface area contributed by atoms with Crippen molar-refractivity contribution in [3.05, 3.63) is 53.6 Å². The summed E-state index contributed by atoms with van der Waals surface area (Å²) in [6, 6.07) is 10.5. The molecular weight excluding hydrogens is 645 g/mol. The minimum Gasteiger partial charge on any atom is -0.462 e. The lowest BCUT2D eigenvalue weighted by molar-refractivity contribution is -0.148. The number of hydrogen-bond donors (Lipinski definition) is 2. The maximum absolute atomic E-state index is 13.1. The lowest BCUT2D eigenvalue weighted by Crippen LogP contribution is -2.35. The first-order valence-corrected chi connectivity index (χ1v) is 18.5. The second-order valence-corrected chi connectivity index (χ2v) is 14.6. The quantitative estimate of drug-likeness (QED) is 0.0666. The van der Waals surface area contributed by atoms with Crippen molar-refractivity contribution < 1.29 is 51.2 Å². The molecule has 2 aromatic rings. The minimum absolute atomic E-state index is 0.0890. The number of esters is 1. The first-order chi connectivity index (χ1) is 21.4. The Bertz CT molecular complexity index is 1330. The van der Waals surface area contributed by atoms with Crippen LogP contribution < -0.4 is 23.7 Å². The van der Waals surface area contributed by atoms with Gasteiger partial charge in [-0.1, -0.05) is 24.3 Å². The molecule has 0 saturated carbocycles. The average molecular weight is 688 g/mol. The van der Waals surface area contributed by atoms with Gasteiger partial charge < -0.3 is 32.8 Å². The Labute approximate surface area is 266 Å². The average Bonchev–Trinajstić information content (AvgIpc) is 2.96. The Kier molecular flexibility index (Phi) is 16.9. The smallest absolute Gasteiger partial charge is 0.462 e. The van der Waals surface area contributed by atoms with E-state index in [9.17, 15) is 18.7 Å². The van der Waals surface area contributed by atoms with Crippen molar-refractivity contribution in [2.24, 2.45) is 0 Å². The van der Waals surface area contributed by atoms with Gasteiger partial charge in [-0.05, 0) is 67.7 Å². The molecule has 0 fully saturated rings. The number of nitrogens with one attached hydrogen (secondary N) is 2. The molecule has 2 N–H and O–H groups in total. The normalized spacial score (nSPS) is 15.2. The second-order valence-electron chi connectivity index (χ2n) is 9.94. The van der Waals surface area contributed by atoms with Gasteiger partial charge in [0.05, 0.1) is 12.1 Å². The number of aldehydes is 1. The number of carbonyl (C=O) groups is 2. The van der Waals surface area contributed by atoms with Crippen LogP contribution in [0.5, 0.6) is 17.2 Å². The van der Waals surface area contributed by atoms with Crippen LogP contribution >= 0.6 is 23.8 Å². The van der Waals surface area contributed by atoms with Gasteiger partial charge >= 0.3 is 21.5 Å². The van der Waals surface area contributed by atoms with Gasteiger partial charge in [0.1, 0.15) is 36.5 Å². The van der Waals surface area contributed by atoms with Gasteiger partial charge in [-0.25, -0.2) is 10.2 Å². The minimum atomic E-state index is -3.48. The molecule has 248 valence electrons. The Hall–Kier alpha value is -2.72. The molecule has 2 rings (SSSR count). The highest BCUT2D eigenvalue weighted by Gasteiger charge is 2.27. The summed E-state index contributed by atoms with van der Waals surface area (Å²) in [5.41, 5.74) is 1.46. The lowest BCUT2D eigenvalue weighted by Gasteiger charge is -2.23. The van der Waals surface area contributed by atoms with Crippen LogP contribution in [0.4, 0.5) is 0 Å². The fourth-order valence-electron chi connectivity index (χ4n) is 3.59. The summed E-state index contributed by atoms with van der Waals surface area (Å²) in [4.78, 5) is 23.4. The van der Waals surface area contributed by atoms with Crippen molar-refractivity contribution in [1.82, 2.24) is 10.2 Å². The summed E-state index contributed by atoms with van der Waals surface area (Å²) in [6.45, 7) is 6.79. The predicted octanol–water partition coefficient (Wildman–Crippen LogP) is 6.16. The molecule has 0 heterocycles. The number of ether oxygens (including phenoxy) is 4. The van der Waals surface area contributed by atoms with Gasteiger partial charge in [-0.2, -0.15) is 0 Å². The molecule has 13 nitrogen and oxygen atoms in total. The maximum atomic E-state index is 13.1. The molecule has 0 spiro atoms. The monoisotopic (exact) mass is 687 g/mol. The van der Waals surface area contributed by atoms with Crippen LogP contribution in [0.2, 0.25) is 0 Å². The number of methoxy groups -OCH3 is 3. The van der Waals surface area contributed by atoms with E-state index in [4.69, 9.17) is 32.5 Å². The number of carbonyl (C=O) groups excluding carboxylic acids is 2. The summed E-state index contributed by atoms with van der Waals surface area (Å²) in [5, 5.41) is 5.79. The van der Waals surface area contributed by atoms with E-state index in [0.717, 1.165) is 5.56 Å². The topological polar surface area (TPSA) is 157 Å². The van der Waals surface area contributed by atoms with E-state index in [1.54, 1.807) is 76.2 Å². The zero-order chi connectivity index (χ0) is 33.4. The van der Waals surface area contributed by atoms with Gasteiger partial charge in [0.2, 0.25) is 0 Å². The molecule has 2 aromatic carbocycles. The fourth-order valence-corrected chi connectivity index (χ4v) is 7.16. The van der Waals surface area contributed by atoms with Crippen molar-refractivity contribution in [3.63, 3.8) is 0 Å². The van der Waals surface area contributed by atoms with Crippen molar-refractivity contribution >= 4 is 48.3 Å². The second kappa shape index (κ2) is 19.7. The van der Waals surface area contributed by atoms with E-state index < -0.39 is 41.9 Å². The lowest BCUT2D eigenvalue weighted by atomic mass is 10.1. The van der Waals surface area contributed by atoms with E-state index in [1.807, 2.05) is 6.08 Å². The molecule has 0 aliphatic carbocycles. The van der Waals surface area contributed by atoms with Gasteiger partial charge in [0.15, 0.2) is 14.0 Å².